The van der Waals surface area contributed by atoms with Gasteiger partial charge in [-0.25, -0.2) is 0 Å². The molecular weight excluding hydrogens is 208 g/mol. The van der Waals surface area contributed by atoms with E-state index in [2.05, 4.69) is 4.98 Å². The van der Waals surface area contributed by atoms with Crippen LogP contribution >= 0.6 is 0 Å². The number of carbonyl (C=O) groups excluding carboxylic acids is 1. The zero-order valence-electron chi connectivity index (χ0n) is 9.09. The molecule has 0 unspecified atom stereocenters. The van der Waals surface area contributed by atoms with Crippen molar-refractivity contribution in [2.24, 2.45) is 0 Å². The van der Waals surface area contributed by atoms with Crippen LogP contribution in [0.1, 0.15) is 19.8 Å². The molecule has 1 amide bonds. The van der Waals surface area contributed by atoms with Gasteiger partial charge in [0.2, 0.25) is 5.91 Å². The Bertz CT molecular complexity index is 365. The summed E-state index contributed by atoms with van der Waals surface area (Å²) in [5.41, 5.74) is 0.743. The number of carbonyl (C=O) groups is 2. The highest BCUT2D eigenvalue weighted by atomic mass is 16.4. The smallest absolute Gasteiger partial charge is 0.303 e. The molecule has 16 heavy (non-hydrogen) atoms. The van der Waals surface area contributed by atoms with Crippen LogP contribution in [0.25, 0.3) is 0 Å². The summed E-state index contributed by atoms with van der Waals surface area (Å²) in [5.74, 6) is -1.14. The minimum absolute atomic E-state index is 0.0193. The highest BCUT2D eigenvalue weighted by molar-refractivity contribution is 5.94. The van der Waals surface area contributed by atoms with Crippen molar-refractivity contribution >= 4 is 17.6 Å². The number of nitrogens with zero attached hydrogens (tertiary/aromatic N) is 2. The Kier molecular flexibility index (Phi) is 4.44. The molecule has 0 aliphatic rings. The number of anilines is 1. The minimum Gasteiger partial charge on any atom is -0.481 e. The van der Waals surface area contributed by atoms with Gasteiger partial charge in [-0.2, -0.15) is 0 Å². The Morgan fingerprint density at radius 3 is 2.44 bits per heavy atom. The van der Waals surface area contributed by atoms with E-state index >= 15 is 0 Å². The van der Waals surface area contributed by atoms with Crippen molar-refractivity contribution in [3.8, 4) is 0 Å². The van der Waals surface area contributed by atoms with Crippen LogP contribution in [0.5, 0.6) is 0 Å². The predicted octanol–water partition coefficient (Wildman–Crippen LogP) is 1.30. The second-order valence-corrected chi connectivity index (χ2v) is 3.24. The van der Waals surface area contributed by atoms with Crippen LogP contribution < -0.4 is 4.90 Å². The molecule has 0 spiro atoms. The molecule has 86 valence electrons. The third kappa shape index (κ3) is 3.34. The van der Waals surface area contributed by atoms with E-state index in [0.29, 0.717) is 6.54 Å². The average Bonchev–Trinajstić information content (AvgIpc) is 2.29. The van der Waals surface area contributed by atoms with Crippen molar-refractivity contribution in [2.45, 2.75) is 19.8 Å². The van der Waals surface area contributed by atoms with Gasteiger partial charge in [0.05, 0.1) is 6.42 Å². The number of aromatic nitrogens is 1. The maximum atomic E-state index is 11.7. The molecule has 1 aromatic heterocycles. The SMILES string of the molecule is CCN(C(=O)CCC(=O)O)c1ccncc1. The first-order chi connectivity index (χ1) is 7.65. The van der Waals surface area contributed by atoms with Crippen molar-refractivity contribution in [1.82, 2.24) is 4.98 Å². The van der Waals surface area contributed by atoms with Gasteiger partial charge in [-0.3, -0.25) is 14.6 Å². The summed E-state index contributed by atoms with van der Waals surface area (Å²) < 4.78 is 0. The molecule has 5 nitrogen and oxygen atoms in total. The van der Waals surface area contributed by atoms with E-state index in [1.165, 1.54) is 0 Å². The molecule has 1 heterocycles. The first-order valence-corrected chi connectivity index (χ1v) is 5.07. The molecule has 0 fully saturated rings. The quantitative estimate of drug-likeness (QED) is 0.815. The van der Waals surface area contributed by atoms with Crippen molar-refractivity contribution in [2.75, 3.05) is 11.4 Å². The fourth-order valence-corrected chi connectivity index (χ4v) is 1.38. The first kappa shape index (κ1) is 12.2. The van der Waals surface area contributed by atoms with Crippen LogP contribution in [-0.2, 0) is 9.59 Å². The van der Waals surface area contributed by atoms with E-state index in [1.54, 1.807) is 29.4 Å². The maximum absolute atomic E-state index is 11.7. The molecule has 1 N–H and O–H groups in total. The van der Waals surface area contributed by atoms with Crippen molar-refractivity contribution < 1.29 is 14.7 Å². The molecule has 0 radical (unpaired) electrons. The van der Waals surface area contributed by atoms with E-state index in [0.717, 1.165) is 5.69 Å². The van der Waals surface area contributed by atoms with E-state index in [4.69, 9.17) is 5.11 Å². The molecular formula is C11H14N2O3. The number of carboxylic acids is 1. The number of amides is 1. The molecule has 0 bridgehead atoms. The Labute approximate surface area is 93.7 Å². The van der Waals surface area contributed by atoms with Crippen LogP contribution in [0.2, 0.25) is 0 Å². The zero-order valence-corrected chi connectivity index (χ0v) is 9.09. The highest BCUT2D eigenvalue weighted by Gasteiger charge is 2.14. The van der Waals surface area contributed by atoms with Gasteiger partial charge in [-0.1, -0.05) is 0 Å². The lowest BCUT2D eigenvalue weighted by Gasteiger charge is -2.20. The van der Waals surface area contributed by atoms with E-state index in [9.17, 15) is 9.59 Å². The van der Waals surface area contributed by atoms with Crippen molar-refractivity contribution in [1.29, 1.82) is 0 Å². The fourth-order valence-electron chi connectivity index (χ4n) is 1.38. The average molecular weight is 222 g/mol. The summed E-state index contributed by atoms with van der Waals surface area (Å²) in [5, 5.41) is 8.51. The molecule has 0 aliphatic carbocycles. The summed E-state index contributed by atoms with van der Waals surface area (Å²) in [4.78, 5) is 27.5. The highest BCUT2D eigenvalue weighted by Crippen LogP contribution is 2.13. The predicted molar refractivity (Wildman–Crippen MR) is 59.1 cm³/mol. The zero-order chi connectivity index (χ0) is 12.0. The molecule has 1 aromatic rings. The minimum atomic E-state index is -0.959. The van der Waals surface area contributed by atoms with Crippen LogP contribution in [0.3, 0.4) is 0 Å². The van der Waals surface area contributed by atoms with Gasteiger partial charge in [0.25, 0.3) is 0 Å². The molecule has 0 saturated carbocycles. The summed E-state index contributed by atoms with van der Waals surface area (Å²) in [7, 11) is 0. The summed E-state index contributed by atoms with van der Waals surface area (Å²) >= 11 is 0. The Balaban J connectivity index is 2.68. The molecule has 5 heteroatoms. The molecule has 0 aliphatic heterocycles. The van der Waals surface area contributed by atoms with Crippen molar-refractivity contribution in [3.05, 3.63) is 24.5 Å². The largest absolute Gasteiger partial charge is 0.481 e. The topological polar surface area (TPSA) is 70.5 Å². The number of pyridine rings is 1. The Morgan fingerprint density at radius 2 is 1.94 bits per heavy atom. The maximum Gasteiger partial charge on any atom is 0.303 e. The third-order valence-corrected chi connectivity index (χ3v) is 2.14. The first-order valence-electron chi connectivity index (χ1n) is 5.07. The van der Waals surface area contributed by atoms with E-state index in [-0.39, 0.29) is 18.7 Å². The monoisotopic (exact) mass is 222 g/mol. The van der Waals surface area contributed by atoms with Crippen LogP contribution in [0.15, 0.2) is 24.5 Å². The van der Waals surface area contributed by atoms with Gasteiger partial charge in [0, 0.05) is 31.0 Å². The molecule has 0 atom stereocenters. The molecule has 1 rings (SSSR count). The Morgan fingerprint density at radius 1 is 1.31 bits per heavy atom. The van der Waals surface area contributed by atoms with Crippen LogP contribution in [0.4, 0.5) is 5.69 Å². The molecule has 0 saturated heterocycles. The van der Waals surface area contributed by atoms with Gasteiger partial charge in [-0.15, -0.1) is 0 Å². The van der Waals surface area contributed by atoms with Gasteiger partial charge < -0.3 is 10.0 Å². The lowest BCUT2D eigenvalue weighted by Crippen LogP contribution is -2.30. The fraction of sp³-hybridized carbons (Fsp3) is 0.364. The number of hydrogen-bond donors (Lipinski definition) is 1. The summed E-state index contributed by atoms with van der Waals surface area (Å²) in [6, 6.07) is 3.45. The lowest BCUT2D eigenvalue weighted by molar-refractivity contribution is -0.138. The van der Waals surface area contributed by atoms with Gasteiger partial charge in [0.15, 0.2) is 0 Å². The number of hydrogen-bond acceptors (Lipinski definition) is 3. The van der Waals surface area contributed by atoms with Crippen molar-refractivity contribution in [3.63, 3.8) is 0 Å². The summed E-state index contributed by atoms with van der Waals surface area (Å²) in [6.45, 7) is 2.36. The number of carboxylic acid groups (broad SMARTS) is 1. The van der Waals surface area contributed by atoms with Gasteiger partial charge in [-0.05, 0) is 19.1 Å². The Hall–Kier alpha value is -1.91. The summed E-state index contributed by atoms with van der Waals surface area (Å²) in [6.07, 6.45) is 3.08. The lowest BCUT2D eigenvalue weighted by atomic mass is 10.2. The normalized spacial score (nSPS) is 9.81. The van der Waals surface area contributed by atoms with Crippen LogP contribution in [0, 0.1) is 0 Å². The number of aliphatic carboxylic acids is 1. The second kappa shape index (κ2) is 5.85. The van der Waals surface area contributed by atoms with E-state index in [1.807, 2.05) is 6.92 Å². The molecule has 0 aromatic carbocycles. The van der Waals surface area contributed by atoms with Gasteiger partial charge in [0.1, 0.15) is 0 Å². The van der Waals surface area contributed by atoms with E-state index < -0.39 is 5.97 Å². The second-order valence-electron chi connectivity index (χ2n) is 3.24. The number of rotatable bonds is 5. The van der Waals surface area contributed by atoms with Gasteiger partial charge >= 0.3 is 5.97 Å². The third-order valence-electron chi connectivity index (χ3n) is 2.14. The van der Waals surface area contributed by atoms with Crippen LogP contribution in [-0.4, -0.2) is 28.5 Å². The standard InChI is InChI=1S/C11H14N2O3/c1-2-13(9-5-7-12-8-6-9)10(14)3-4-11(15)16/h5-8H,2-4H2,1H3,(H,15,16).